The predicted molar refractivity (Wildman–Crippen MR) is 126 cm³/mol. The first-order valence-electron chi connectivity index (χ1n) is 10.7. The van der Waals surface area contributed by atoms with Crippen LogP contribution in [0.15, 0.2) is 30.9 Å². The van der Waals surface area contributed by atoms with Crippen molar-refractivity contribution in [3.8, 4) is 5.75 Å². The summed E-state index contributed by atoms with van der Waals surface area (Å²) in [4.78, 5) is 42.0. The Morgan fingerprint density at radius 2 is 2.06 bits per heavy atom. The van der Waals surface area contributed by atoms with E-state index < -0.39 is 17.4 Å². The van der Waals surface area contributed by atoms with E-state index in [2.05, 4.69) is 17.2 Å². The van der Waals surface area contributed by atoms with Gasteiger partial charge in [-0.25, -0.2) is 0 Å². The molecule has 1 aromatic carbocycles. The van der Waals surface area contributed by atoms with E-state index in [0.29, 0.717) is 28.5 Å². The number of rotatable bonds is 5. The molecule has 0 saturated carbocycles. The lowest BCUT2D eigenvalue weighted by Gasteiger charge is -2.38. The summed E-state index contributed by atoms with van der Waals surface area (Å²) in [6, 6.07) is 5.48. The minimum absolute atomic E-state index is 0.251. The summed E-state index contributed by atoms with van der Waals surface area (Å²) in [6.45, 7) is 7.37. The average Bonchev–Trinajstić information content (AvgIpc) is 3.14. The van der Waals surface area contributed by atoms with E-state index in [1.165, 1.54) is 23.2 Å². The minimum Gasteiger partial charge on any atom is -0.465 e. The fourth-order valence-corrected chi connectivity index (χ4v) is 5.46. The number of ether oxygens (including phenoxy) is 1. The Morgan fingerprint density at radius 3 is 2.81 bits per heavy atom. The van der Waals surface area contributed by atoms with Crippen molar-refractivity contribution in [3.63, 3.8) is 0 Å². The molecule has 1 aliphatic heterocycles. The van der Waals surface area contributed by atoms with E-state index in [0.717, 1.165) is 41.7 Å². The van der Waals surface area contributed by atoms with E-state index >= 15 is 0 Å². The highest BCUT2D eigenvalue weighted by atomic mass is 32.1. The highest BCUT2D eigenvalue weighted by molar-refractivity contribution is 7.17. The van der Waals surface area contributed by atoms with Gasteiger partial charge in [-0.1, -0.05) is 12.1 Å². The zero-order valence-corrected chi connectivity index (χ0v) is 19.4. The molecule has 0 radical (unpaired) electrons. The third-order valence-electron chi connectivity index (χ3n) is 5.97. The Bertz CT molecular complexity index is 1120. The summed E-state index contributed by atoms with van der Waals surface area (Å²) in [5.74, 6) is -0.854. The summed E-state index contributed by atoms with van der Waals surface area (Å²) in [6.07, 6.45) is 5.33. The van der Waals surface area contributed by atoms with Crippen LogP contribution >= 0.6 is 11.3 Å². The van der Waals surface area contributed by atoms with Crippen LogP contribution in [0, 0.1) is 6.92 Å². The molecule has 1 atom stereocenters. The molecule has 3 amide bonds. The van der Waals surface area contributed by atoms with Crippen molar-refractivity contribution < 1.29 is 19.1 Å². The Labute approximate surface area is 191 Å². The molecule has 2 aromatic rings. The smallest absolute Gasteiger partial charge is 0.280 e. The maximum Gasteiger partial charge on any atom is 0.280 e. The molecule has 1 unspecified atom stereocenters. The Kier molecular flexibility index (Phi) is 5.81. The first kappa shape index (κ1) is 22.1. The van der Waals surface area contributed by atoms with Gasteiger partial charge in [0, 0.05) is 18.5 Å². The normalized spacial score (nSPS) is 19.5. The van der Waals surface area contributed by atoms with Crippen LogP contribution in [0.5, 0.6) is 5.75 Å². The maximum absolute atomic E-state index is 13.4. The molecule has 32 heavy (non-hydrogen) atoms. The molecule has 1 aliphatic carbocycles. The van der Waals surface area contributed by atoms with E-state index in [-0.39, 0.29) is 5.91 Å². The van der Waals surface area contributed by atoms with Crippen LogP contribution in [0.4, 0.5) is 10.7 Å². The largest absolute Gasteiger partial charge is 0.465 e. The Balaban J connectivity index is 1.67. The summed E-state index contributed by atoms with van der Waals surface area (Å²) >= 11 is 1.41. The molecule has 2 aliphatic rings. The molecule has 2 N–H and O–H groups in total. The van der Waals surface area contributed by atoms with Gasteiger partial charge in [0.15, 0.2) is 0 Å². The van der Waals surface area contributed by atoms with Gasteiger partial charge in [-0.3, -0.25) is 14.4 Å². The molecular weight excluding hydrogens is 426 g/mol. The molecule has 0 bridgehead atoms. The quantitative estimate of drug-likeness (QED) is 0.535. The van der Waals surface area contributed by atoms with E-state index in [4.69, 9.17) is 4.74 Å². The molecule has 1 aromatic heterocycles. The monoisotopic (exact) mass is 453 g/mol. The molecule has 7 nitrogen and oxygen atoms in total. The third-order valence-corrected chi connectivity index (χ3v) is 7.18. The average molecular weight is 454 g/mol. The number of benzene rings is 1. The van der Waals surface area contributed by atoms with E-state index in [1.807, 2.05) is 19.1 Å². The number of amides is 3. The van der Waals surface area contributed by atoms with Gasteiger partial charge in [0.1, 0.15) is 10.8 Å². The highest BCUT2D eigenvalue weighted by Gasteiger charge is 2.50. The third kappa shape index (κ3) is 3.68. The molecule has 0 saturated heterocycles. The Morgan fingerprint density at radius 1 is 1.31 bits per heavy atom. The molecule has 8 heteroatoms. The second-order valence-electron chi connectivity index (χ2n) is 8.34. The molecule has 2 heterocycles. The zero-order valence-electron chi connectivity index (χ0n) is 18.5. The molecular formula is C24H27N3O4S. The number of anilines is 2. The van der Waals surface area contributed by atoms with Crippen molar-refractivity contribution >= 4 is 39.7 Å². The van der Waals surface area contributed by atoms with Gasteiger partial charge in [0.25, 0.3) is 23.3 Å². The van der Waals surface area contributed by atoms with E-state index in [1.54, 1.807) is 19.2 Å². The van der Waals surface area contributed by atoms with Crippen LogP contribution in [-0.2, 0) is 22.4 Å². The fourth-order valence-electron chi connectivity index (χ4n) is 4.18. The first-order chi connectivity index (χ1) is 15.3. The lowest BCUT2D eigenvalue weighted by atomic mass is 9.95. The maximum atomic E-state index is 13.4. The van der Waals surface area contributed by atoms with Crippen LogP contribution in [0.25, 0.3) is 0 Å². The number of hydrogen-bond acceptors (Lipinski definition) is 5. The molecule has 168 valence electrons. The fraction of sp³-hybridized carbons (Fsp3) is 0.375. The SMILES string of the molecule is C=CCNC(=O)c1c(NC(=O)C2(C)Oc3ccc(C)cc3N(C)C2=O)sc2c1CCCC2. The summed E-state index contributed by atoms with van der Waals surface area (Å²) < 4.78 is 5.95. The van der Waals surface area contributed by atoms with Gasteiger partial charge >= 0.3 is 0 Å². The number of hydrogen-bond donors (Lipinski definition) is 2. The van der Waals surface area contributed by atoms with Crippen molar-refractivity contribution in [1.29, 1.82) is 0 Å². The van der Waals surface area contributed by atoms with Crippen LogP contribution in [0.1, 0.15) is 46.1 Å². The van der Waals surface area contributed by atoms with Gasteiger partial charge < -0.3 is 20.3 Å². The number of carbonyl (C=O) groups excluding carboxylic acids is 3. The number of thiophene rings is 1. The number of nitrogens with zero attached hydrogens (tertiary/aromatic N) is 1. The van der Waals surface area contributed by atoms with Crippen molar-refractivity contribution in [1.82, 2.24) is 5.32 Å². The van der Waals surface area contributed by atoms with Crippen LogP contribution in [0.2, 0.25) is 0 Å². The van der Waals surface area contributed by atoms with Crippen LogP contribution < -0.4 is 20.3 Å². The Hall–Kier alpha value is -3.13. The van der Waals surface area contributed by atoms with Crippen LogP contribution in [0.3, 0.4) is 0 Å². The molecule has 0 fully saturated rings. The molecule has 4 rings (SSSR count). The first-order valence-corrected chi connectivity index (χ1v) is 11.5. The van der Waals surface area contributed by atoms with Crippen molar-refractivity contribution in [3.05, 3.63) is 52.4 Å². The van der Waals surface area contributed by atoms with Crippen molar-refractivity contribution in [2.24, 2.45) is 0 Å². The predicted octanol–water partition coefficient (Wildman–Crippen LogP) is 3.60. The second-order valence-corrected chi connectivity index (χ2v) is 9.44. The standard InChI is InChI=1S/C24H27N3O4S/c1-5-12-25-20(28)19-15-8-6-7-9-18(15)32-21(19)26-22(29)24(3)23(30)27(4)16-13-14(2)10-11-17(16)31-24/h5,10-11,13H,1,6-9,12H2,2-4H3,(H,25,28)(H,26,29). The zero-order chi connectivity index (χ0) is 23.0. The van der Waals surface area contributed by atoms with Crippen molar-refractivity contribution in [2.45, 2.75) is 45.1 Å². The lowest BCUT2D eigenvalue weighted by Crippen LogP contribution is -2.59. The molecule has 0 spiro atoms. The van der Waals surface area contributed by atoms with Crippen LogP contribution in [-0.4, -0.2) is 36.9 Å². The number of nitrogens with one attached hydrogen (secondary N) is 2. The number of carbonyl (C=O) groups is 3. The summed E-state index contributed by atoms with van der Waals surface area (Å²) in [5.41, 5.74) is 1.32. The number of likely N-dealkylation sites (N-methyl/N-ethyl adjacent to an activating group) is 1. The van der Waals surface area contributed by atoms with Gasteiger partial charge in [-0.15, -0.1) is 17.9 Å². The van der Waals surface area contributed by atoms with Gasteiger partial charge in [0.05, 0.1) is 11.3 Å². The number of fused-ring (bicyclic) bond motifs is 2. The second kappa shape index (κ2) is 8.43. The lowest BCUT2D eigenvalue weighted by molar-refractivity contribution is -0.144. The summed E-state index contributed by atoms with van der Waals surface area (Å²) in [7, 11) is 1.63. The topological polar surface area (TPSA) is 87.7 Å². The van der Waals surface area contributed by atoms with E-state index in [9.17, 15) is 14.4 Å². The van der Waals surface area contributed by atoms with Gasteiger partial charge in [-0.2, -0.15) is 0 Å². The van der Waals surface area contributed by atoms with Gasteiger partial charge in [0.2, 0.25) is 0 Å². The highest BCUT2D eigenvalue weighted by Crippen LogP contribution is 2.41. The van der Waals surface area contributed by atoms with Crippen molar-refractivity contribution in [2.75, 3.05) is 23.8 Å². The summed E-state index contributed by atoms with van der Waals surface area (Å²) in [5, 5.41) is 6.12. The number of aryl methyl sites for hydroxylation is 2. The van der Waals surface area contributed by atoms with Gasteiger partial charge in [-0.05, 0) is 62.8 Å². The minimum atomic E-state index is -1.75.